The van der Waals surface area contributed by atoms with Crippen LogP contribution in [-0.2, 0) is 6.42 Å². The first-order chi connectivity index (χ1) is 8.25. The fourth-order valence-electron chi connectivity index (χ4n) is 1.76. The third-order valence-electron chi connectivity index (χ3n) is 2.90. The largest absolute Gasteiger partial charge is 0.374 e. The van der Waals surface area contributed by atoms with Crippen LogP contribution in [0.4, 0.5) is 5.69 Å². The maximum Gasteiger partial charge on any atom is 0.0421 e. The molecule has 0 atom stereocenters. The maximum atomic E-state index is 4.33. The molecule has 0 bridgehead atoms. The second kappa shape index (κ2) is 5.48. The topological polar surface area (TPSA) is 16.1 Å². The normalized spacial score (nSPS) is 10.2. The number of hydrogen-bond donors (Lipinski definition) is 0. The van der Waals surface area contributed by atoms with Gasteiger partial charge in [-0.25, -0.2) is 0 Å². The Hall–Kier alpha value is -1.83. The summed E-state index contributed by atoms with van der Waals surface area (Å²) in [6, 6.07) is 14.7. The molecule has 0 N–H and O–H groups in total. The number of nitrogens with zero attached hydrogens (tertiary/aromatic N) is 2. The van der Waals surface area contributed by atoms with Gasteiger partial charge < -0.3 is 4.90 Å². The molecule has 1 heterocycles. The average Bonchev–Trinajstić information content (AvgIpc) is 2.38. The standard InChI is InChI=1S/C15H18N2/c1-13-6-8-15(9-7-13)17(2)12-10-14-5-3-4-11-16-14/h3-9,11H,10,12H2,1-2H3. The molecule has 2 aromatic rings. The Morgan fingerprint density at radius 3 is 2.47 bits per heavy atom. The van der Waals surface area contributed by atoms with Gasteiger partial charge in [-0.05, 0) is 31.2 Å². The second-order valence-corrected chi connectivity index (χ2v) is 4.33. The van der Waals surface area contributed by atoms with Gasteiger partial charge in [0.05, 0.1) is 0 Å². The molecule has 1 aromatic heterocycles. The van der Waals surface area contributed by atoms with Crippen LogP contribution in [0.25, 0.3) is 0 Å². The van der Waals surface area contributed by atoms with Gasteiger partial charge in [0.15, 0.2) is 0 Å². The van der Waals surface area contributed by atoms with Crippen LogP contribution in [0.2, 0.25) is 0 Å². The number of rotatable bonds is 4. The zero-order valence-corrected chi connectivity index (χ0v) is 10.4. The first kappa shape index (κ1) is 11.6. The molecule has 2 heteroatoms. The van der Waals surface area contributed by atoms with E-state index >= 15 is 0 Å². The van der Waals surface area contributed by atoms with Crippen molar-refractivity contribution in [3.05, 3.63) is 59.9 Å². The highest BCUT2D eigenvalue weighted by Crippen LogP contribution is 2.13. The smallest absolute Gasteiger partial charge is 0.0421 e. The maximum absolute atomic E-state index is 4.33. The van der Waals surface area contributed by atoms with Gasteiger partial charge in [-0.1, -0.05) is 23.8 Å². The van der Waals surface area contributed by atoms with E-state index in [-0.39, 0.29) is 0 Å². The molecule has 0 spiro atoms. The van der Waals surface area contributed by atoms with Crippen LogP contribution >= 0.6 is 0 Å². The van der Waals surface area contributed by atoms with Gasteiger partial charge >= 0.3 is 0 Å². The van der Waals surface area contributed by atoms with Gasteiger partial charge in [0.1, 0.15) is 0 Å². The van der Waals surface area contributed by atoms with Crippen LogP contribution in [0.1, 0.15) is 11.3 Å². The first-order valence-electron chi connectivity index (χ1n) is 5.93. The second-order valence-electron chi connectivity index (χ2n) is 4.33. The van der Waals surface area contributed by atoms with Crippen molar-refractivity contribution in [1.82, 2.24) is 4.98 Å². The molecule has 88 valence electrons. The Bertz CT molecular complexity index is 448. The fourth-order valence-corrected chi connectivity index (χ4v) is 1.76. The third-order valence-corrected chi connectivity index (χ3v) is 2.90. The molecule has 0 saturated carbocycles. The van der Waals surface area contributed by atoms with E-state index < -0.39 is 0 Å². The number of benzene rings is 1. The van der Waals surface area contributed by atoms with Gasteiger partial charge in [0, 0.05) is 37.6 Å². The molecule has 0 fully saturated rings. The summed E-state index contributed by atoms with van der Waals surface area (Å²) in [7, 11) is 2.12. The molecule has 0 aliphatic heterocycles. The van der Waals surface area contributed by atoms with Crippen molar-refractivity contribution < 1.29 is 0 Å². The predicted molar refractivity (Wildman–Crippen MR) is 72.4 cm³/mol. The van der Waals surface area contributed by atoms with Gasteiger partial charge in [0.2, 0.25) is 0 Å². The Labute approximate surface area is 103 Å². The minimum absolute atomic E-state index is 0.977. The van der Waals surface area contributed by atoms with Crippen molar-refractivity contribution in [3.63, 3.8) is 0 Å². The molecule has 2 nitrogen and oxygen atoms in total. The van der Waals surface area contributed by atoms with E-state index in [9.17, 15) is 0 Å². The summed E-state index contributed by atoms with van der Waals surface area (Å²) in [5.41, 5.74) is 3.70. The fraction of sp³-hybridized carbons (Fsp3) is 0.267. The van der Waals surface area contributed by atoms with Crippen LogP contribution in [-0.4, -0.2) is 18.6 Å². The molecule has 0 radical (unpaired) electrons. The van der Waals surface area contributed by atoms with Crippen molar-refractivity contribution in [2.45, 2.75) is 13.3 Å². The monoisotopic (exact) mass is 226 g/mol. The van der Waals surface area contributed by atoms with E-state index in [1.165, 1.54) is 11.3 Å². The lowest BCUT2D eigenvalue weighted by Gasteiger charge is -2.19. The highest BCUT2D eigenvalue weighted by molar-refractivity contribution is 5.46. The van der Waals surface area contributed by atoms with Crippen molar-refractivity contribution in [3.8, 4) is 0 Å². The van der Waals surface area contributed by atoms with E-state index in [0.29, 0.717) is 0 Å². The van der Waals surface area contributed by atoms with E-state index in [2.05, 4.69) is 54.2 Å². The zero-order chi connectivity index (χ0) is 12.1. The van der Waals surface area contributed by atoms with E-state index in [1.54, 1.807) is 0 Å². The number of aryl methyl sites for hydroxylation is 1. The van der Waals surface area contributed by atoms with E-state index in [4.69, 9.17) is 0 Å². The van der Waals surface area contributed by atoms with Gasteiger partial charge in [0.25, 0.3) is 0 Å². The summed E-state index contributed by atoms with van der Waals surface area (Å²) in [5.74, 6) is 0. The molecule has 0 saturated heterocycles. The van der Waals surface area contributed by atoms with E-state index in [0.717, 1.165) is 18.7 Å². The minimum atomic E-state index is 0.977. The highest BCUT2D eigenvalue weighted by atomic mass is 15.1. The Kier molecular flexibility index (Phi) is 3.76. The summed E-state index contributed by atoms with van der Waals surface area (Å²) < 4.78 is 0. The van der Waals surface area contributed by atoms with Crippen LogP contribution in [0, 0.1) is 6.92 Å². The van der Waals surface area contributed by atoms with Crippen molar-refractivity contribution in [1.29, 1.82) is 0 Å². The predicted octanol–water partition coefficient (Wildman–Crippen LogP) is 3.07. The molecule has 2 rings (SSSR count). The summed E-state index contributed by atoms with van der Waals surface area (Å²) >= 11 is 0. The average molecular weight is 226 g/mol. The summed E-state index contributed by atoms with van der Waals surface area (Å²) in [6.45, 7) is 3.09. The summed E-state index contributed by atoms with van der Waals surface area (Å²) in [6.07, 6.45) is 2.83. The molecule has 0 amide bonds. The van der Waals surface area contributed by atoms with Gasteiger partial charge in [-0.15, -0.1) is 0 Å². The minimum Gasteiger partial charge on any atom is -0.374 e. The number of anilines is 1. The number of aromatic nitrogens is 1. The molecule has 0 aliphatic carbocycles. The van der Waals surface area contributed by atoms with Crippen molar-refractivity contribution >= 4 is 5.69 Å². The lowest BCUT2D eigenvalue weighted by atomic mass is 10.2. The van der Waals surface area contributed by atoms with Crippen LogP contribution < -0.4 is 4.90 Å². The lowest BCUT2D eigenvalue weighted by molar-refractivity contribution is 0.852. The lowest BCUT2D eigenvalue weighted by Crippen LogP contribution is -2.20. The van der Waals surface area contributed by atoms with Crippen molar-refractivity contribution in [2.24, 2.45) is 0 Å². The Morgan fingerprint density at radius 1 is 1.06 bits per heavy atom. The third kappa shape index (κ3) is 3.31. The molecular weight excluding hydrogens is 208 g/mol. The highest BCUT2D eigenvalue weighted by Gasteiger charge is 2.01. The van der Waals surface area contributed by atoms with Crippen LogP contribution in [0.15, 0.2) is 48.7 Å². The van der Waals surface area contributed by atoms with Crippen LogP contribution in [0.3, 0.4) is 0 Å². The number of pyridine rings is 1. The number of likely N-dealkylation sites (N-methyl/N-ethyl adjacent to an activating group) is 1. The first-order valence-corrected chi connectivity index (χ1v) is 5.93. The zero-order valence-electron chi connectivity index (χ0n) is 10.4. The summed E-state index contributed by atoms with van der Waals surface area (Å²) in [4.78, 5) is 6.59. The Balaban J connectivity index is 1.93. The molecule has 0 unspecified atom stereocenters. The molecule has 1 aromatic carbocycles. The molecule has 17 heavy (non-hydrogen) atoms. The molecule has 0 aliphatic rings. The quantitative estimate of drug-likeness (QED) is 0.796. The van der Waals surface area contributed by atoms with E-state index in [1.807, 2.05) is 18.3 Å². The Morgan fingerprint density at radius 2 is 1.82 bits per heavy atom. The number of hydrogen-bond acceptors (Lipinski definition) is 2. The molecular formula is C15H18N2. The van der Waals surface area contributed by atoms with Gasteiger partial charge in [-0.3, -0.25) is 4.98 Å². The summed E-state index contributed by atoms with van der Waals surface area (Å²) in [5, 5.41) is 0. The van der Waals surface area contributed by atoms with Crippen LogP contribution in [0.5, 0.6) is 0 Å². The van der Waals surface area contributed by atoms with Crippen molar-refractivity contribution in [2.75, 3.05) is 18.5 Å². The van der Waals surface area contributed by atoms with Gasteiger partial charge in [-0.2, -0.15) is 0 Å². The SMILES string of the molecule is Cc1ccc(N(C)CCc2ccccn2)cc1.